The van der Waals surface area contributed by atoms with Crippen molar-refractivity contribution in [1.29, 1.82) is 0 Å². The highest BCUT2D eigenvalue weighted by Crippen LogP contribution is 2.20. The van der Waals surface area contributed by atoms with Crippen molar-refractivity contribution in [2.45, 2.75) is 26.3 Å². The van der Waals surface area contributed by atoms with Crippen LogP contribution in [0.3, 0.4) is 0 Å². The van der Waals surface area contributed by atoms with Crippen LogP contribution in [0.4, 0.5) is 0 Å². The number of hydrogen-bond acceptors (Lipinski definition) is 4. The fraction of sp³-hybridized carbons (Fsp3) is 0.692. The molecule has 3 N–H and O–H groups in total. The van der Waals surface area contributed by atoms with Crippen LogP contribution >= 0.6 is 11.3 Å². The minimum atomic E-state index is 0.105. The van der Waals surface area contributed by atoms with Gasteiger partial charge in [0.15, 0.2) is 0 Å². The zero-order chi connectivity index (χ0) is 12.7. The molecule has 0 aliphatic carbocycles. The van der Waals surface area contributed by atoms with E-state index in [-0.39, 0.29) is 11.5 Å². The van der Waals surface area contributed by atoms with Crippen LogP contribution in [0.15, 0.2) is 17.5 Å². The Balaban J connectivity index is 2.23. The monoisotopic (exact) mass is 256 g/mol. The maximum Gasteiger partial charge on any atom is 0.0516 e. The van der Waals surface area contributed by atoms with Gasteiger partial charge in [-0.15, -0.1) is 11.3 Å². The molecule has 4 heteroatoms. The molecule has 1 aromatic heterocycles. The van der Waals surface area contributed by atoms with E-state index in [9.17, 15) is 0 Å². The summed E-state index contributed by atoms with van der Waals surface area (Å²) in [7, 11) is 1.75. The lowest BCUT2D eigenvalue weighted by Crippen LogP contribution is -2.34. The third-order valence-electron chi connectivity index (χ3n) is 2.86. The minimum absolute atomic E-state index is 0.105. The highest BCUT2D eigenvalue weighted by Gasteiger charge is 2.17. The Kier molecular flexibility index (Phi) is 6.12. The molecule has 98 valence electrons. The summed E-state index contributed by atoms with van der Waals surface area (Å²) in [6.45, 7) is 7.10. The number of ether oxygens (including phenoxy) is 1. The summed E-state index contributed by atoms with van der Waals surface area (Å²) in [5.74, 6) is 0. The summed E-state index contributed by atoms with van der Waals surface area (Å²) in [6.07, 6.45) is 1.06. The number of nitrogens with two attached hydrogens (primary N) is 1. The van der Waals surface area contributed by atoms with E-state index in [1.807, 2.05) is 6.07 Å². The summed E-state index contributed by atoms with van der Waals surface area (Å²) in [5.41, 5.74) is 6.35. The molecule has 1 unspecified atom stereocenters. The predicted molar refractivity (Wildman–Crippen MR) is 74.4 cm³/mol. The van der Waals surface area contributed by atoms with E-state index in [1.165, 1.54) is 4.88 Å². The van der Waals surface area contributed by atoms with Gasteiger partial charge in [-0.3, -0.25) is 0 Å². The predicted octanol–water partition coefficient (Wildman–Crippen LogP) is 2.40. The van der Waals surface area contributed by atoms with Crippen LogP contribution < -0.4 is 11.1 Å². The number of methoxy groups -OCH3 is 1. The number of rotatable bonds is 8. The lowest BCUT2D eigenvalue weighted by atomic mass is 9.89. The first-order valence-electron chi connectivity index (χ1n) is 6.04. The van der Waals surface area contributed by atoms with Crippen molar-refractivity contribution in [3.05, 3.63) is 22.4 Å². The topological polar surface area (TPSA) is 47.3 Å². The molecule has 1 heterocycles. The van der Waals surface area contributed by atoms with Gasteiger partial charge in [0.2, 0.25) is 0 Å². The average molecular weight is 256 g/mol. The molecule has 0 aliphatic heterocycles. The van der Waals surface area contributed by atoms with Crippen LogP contribution in [-0.2, 0) is 4.74 Å². The second kappa shape index (κ2) is 7.11. The van der Waals surface area contributed by atoms with Crippen molar-refractivity contribution in [3.8, 4) is 0 Å². The zero-order valence-corrected chi connectivity index (χ0v) is 11.8. The largest absolute Gasteiger partial charge is 0.385 e. The third-order valence-corrected chi connectivity index (χ3v) is 3.86. The van der Waals surface area contributed by atoms with Gasteiger partial charge in [-0.1, -0.05) is 19.9 Å². The second-order valence-corrected chi connectivity index (χ2v) is 6.14. The molecule has 17 heavy (non-hydrogen) atoms. The Bertz CT molecular complexity index is 298. The molecule has 1 aromatic rings. The second-order valence-electron chi connectivity index (χ2n) is 5.16. The fourth-order valence-electron chi connectivity index (χ4n) is 1.64. The Labute approximate surface area is 108 Å². The molecule has 3 nitrogen and oxygen atoms in total. The van der Waals surface area contributed by atoms with E-state index in [0.717, 1.165) is 26.1 Å². The van der Waals surface area contributed by atoms with Crippen LogP contribution in [0.1, 0.15) is 31.2 Å². The molecular formula is C13H24N2OS. The molecular weight excluding hydrogens is 232 g/mol. The lowest BCUT2D eigenvalue weighted by Gasteiger charge is -2.25. The molecule has 0 radical (unpaired) electrons. The van der Waals surface area contributed by atoms with Crippen LogP contribution in [-0.4, -0.2) is 26.8 Å². The molecule has 0 fully saturated rings. The fourth-order valence-corrected chi connectivity index (χ4v) is 2.37. The SMILES string of the molecule is COCCC(C)(C)CNCC(N)c1cccs1. The Hall–Kier alpha value is -0.420. The van der Waals surface area contributed by atoms with Gasteiger partial charge >= 0.3 is 0 Å². The molecule has 0 aromatic carbocycles. The smallest absolute Gasteiger partial charge is 0.0516 e. The maximum atomic E-state index is 6.09. The van der Waals surface area contributed by atoms with E-state index in [4.69, 9.17) is 10.5 Å². The maximum absolute atomic E-state index is 6.09. The quantitative estimate of drug-likeness (QED) is 0.751. The molecule has 0 spiro atoms. The van der Waals surface area contributed by atoms with Crippen molar-refractivity contribution < 1.29 is 4.74 Å². The van der Waals surface area contributed by atoms with Gasteiger partial charge in [0.1, 0.15) is 0 Å². The average Bonchev–Trinajstić information content (AvgIpc) is 2.79. The van der Waals surface area contributed by atoms with Crippen LogP contribution in [0, 0.1) is 5.41 Å². The number of nitrogens with one attached hydrogen (secondary N) is 1. The van der Waals surface area contributed by atoms with E-state index < -0.39 is 0 Å². The Morgan fingerprint density at radius 2 is 2.29 bits per heavy atom. The highest BCUT2D eigenvalue weighted by atomic mass is 32.1. The van der Waals surface area contributed by atoms with E-state index >= 15 is 0 Å². The molecule has 0 bridgehead atoms. The molecule has 1 atom stereocenters. The molecule has 0 aliphatic rings. The zero-order valence-electron chi connectivity index (χ0n) is 11.0. The lowest BCUT2D eigenvalue weighted by molar-refractivity contribution is 0.150. The molecule has 0 saturated heterocycles. The molecule has 0 saturated carbocycles. The van der Waals surface area contributed by atoms with Crippen molar-refractivity contribution in [2.24, 2.45) is 11.1 Å². The Morgan fingerprint density at radius 3 is 2.88 bits per heavy atom. The van der Waals surface area contributed by atoms with Gasteiger partial charge in [0.25, 0.3) is 0 Å². The first-order chi connectivity index (χ1) is 8.05. The van der Waals surface area contributed by atoms with Crippen molar-refractivity contribution in [2.75, 3.05) is 26.8 Å². The number of thiophene rings is 1. The summed E-state index contributed by atoms with van der Waals surface area (Å²) in [5, 5.41) is 5.52. The normalized spacial score (nSPS) is 13.9. The van der Waals surface area contributed by atoms with Crippen LogP contribution in [0.2, 0.25) is 0 Å². The van der Waals surface area contributed by atoms with Gasteiger partial charge in [-0.05, 0) is 23.3 Å². The van der Waals surface area contributed by atoms with E-state index in [0.29, 0.717) is 0 Å². The first kappa shape index (κ1) is 14.6. The van der Waals surface area contributed by atoms with Crippen molar-refractivity contribution in [1.82, 2.24) is 5.32 Å². The van der Waals surface area contributed by atoms with Crippen LogP contribution in [0.5, 0.6) is 0 Å². The molecule has 0 amide bonds. The highest BCUT2D eigenvalue weighted by molar-refractivity contribution is 7.10. The standard InChI is InChI=1S/C13H24N2OS/c1-13(2,6-7-16-3)10-15-9-11(14)12-5-4-8-17-12/h4-5,8,11,15H,6-7,9-10,14H2,1-3H3. The van der Waals surface area contributed by atoms with Gasteiger partial charge < -0.3 is 15.8 Å². The summed E-state index contributed by atoms with van der Waals surface area (Å²) < 4.78 is 5.11. The van der Waals surface area contributed by atoms with Gasteiger partial charge in [-0.25, -0.2) is 0 Å². The van der Waals surface area contributed by atoms with E-state index in [2.05, 4.69) is 30.6 Å². The van der Waals surface area contributed by atoms with E-state index in [1.54, 1.807) is 18.4 Å². The third kappa shape index (κ3) is 5.64. The minimum Gasteiger partial charge on any atom is -0.385 e. The van der Waals surface area contributed by atoms with Gasteiger partial charge in [0.05, 0.1) is 6.04 Å². The van der Waals surface area contributed by atoms with Crippen molar-refractivity contribution in [3.63, 3.8) is 0 Å². The molecule has 1 rings (SSSR count). The summed E-state index contributed by atoms with van der Waals surface area (Å²) >= 11 is 1.72. The Morgan fingerprint density at radius 1 is 1.53 bits per heavy atom. The van der Waals surface area contributed by atoms with Gasteiger partial charge in [-0.2, -0.15) is 0 Å². The van der Waals surface area contributed by atoms with Crippen molar-refractivity contribution >= 4 is 11.3 Å². The van der Waals surface area contributed by atoms with Gasteiger partial charge in [0, 0.05) is 31.7 Å². The number of hydrogen-bond donors (Lipinski definition) is 2. The van der Waals surface area contributed by atoms with Crippen LogP contribution in [0.25, 0.3) is 0 Å². The summed E-state index contributed by atoms with van der Waals surface area (Å²) in [6, 6.07) is 4.24. The summed E-state index contributed by atoms with van der Waals surface area (Å²) in [4.78, 5) is 1.24. The first-order valence-corrected chi connectivity index (χ1v) is 6.92.